The van der Waals surface area contributed by atoms with Gasteiger partial charge in [0.2, 0.25) is 0 Å². The fourth-order valence-corrected chi connectivity index (χ4v) is 2.92. The van der Waals surface area contributed by atoms with Crippen molar-refractivity contribution in [3.8, 4) is 0 Å². The molecule has 21 heavy (non-hydrogen) atoms. The monoisotopic (exact) mass is 300 g/mol. The highest BCUT2D eigenvalue weighted by Gasteiger charge is 2.22. The molecule has 3 heteroatoms. The van der Waals surface area contributed by atoms with E-state index in [9.17, 15) is 0 Å². The van der Waals surface area contributed by atoms with Gasteiger partial charge in [0.05, 0.1) is 10.7 Å². The van der Waals surface area contributed by atoms with Crippen LogP contribution in [-0.2, 0) is 6.54 Å². The zero-order valence-corrected chi connectivity index (χ0v) is 13.1. The molecule has 1 N–H and O–H groups in total. The van der Waals surface area contributed by atoms with Gasteiger partial charge in [-0.2, -0.15) is 0 Å². The molecule has 0 unspecified atom stereocenters. The third-order valence-corrected chi connectivity index (χ3v) is 4.19. The molecule has 0 aliphatic heterocycles. The predicted octanol–water partition coefficient (Wildman–Crippen LogP) is 4.75. The summed E-state index contributed by atoms with van der Waals surface area (Å²) in [6.07, 6.45) is 2.60. The number of benzene rings is 2. The first kappa shape index (κ1) is 14.4. The summed E-state index contributed by atoms with van der Waals surface area (Å²) in [6.45, 7) is 3.93. The maximum absolute atomic E-state index is 6.51. The SMILES string of the molecule is CCN(c1ccccc1)c1c(Cl)cccc1CNC1CC1. The zero-order valence-electron chi connectivity index (χ0n) is 12.3. The van der Waals surface area contributed by atoms with Crippen molar-refractivity contribution in [3.63, 3.8) is 0 Å². The summed E-state index contributed by atoms with van der Waals surface area (Å²) in [5.74, 6) is 0. The van der Waals surface area contributed by atoms with E-state index < -0.39 is 0 Å². The number of nitrogens with zero attached hydrogens (tertiary/aromatic N) is 1. The van der Waals surface area contributed by atoms with E-state index in [4.69, 9.17) is 11.6 Å². The molecule has 2 aromatic carbocycles. The van der Waals surface area contributed by atoms with Gasteiger partial charge in [-0.15, -0.1) is 0 Å². The van der Waals surface area contributed by atoms with Gasteiger partial charge in [-0.3, -0.25) is 0 Å². The summed E-state index contributed by atoms with van der Waals surface area (Å²) < 4.78 is 0. The van der Waals surface area contributed by atoms with Gasteiger partial charge >= 0.3 is 0 Å². The lowest BCUT2D eigenvalue weighted by molar-refractivity contribution is 0.687. The van der Waals surface area contributed by atoms with Gasteiger partial charge in [0.25, 0.3) is 0 Å². The Balaban J connectivity index is 1.94. The molecule has 0 amide bonds. The molecule has 0 radical (unpaired) electrons. The normalized spacial score (nSPS) is 14.2. The van der Waals surface area contributed by atoms with Crippen molar-refractivity contribution < 1.29 is 0 Å². The Kier molecular flexibility index (Phi) is 4.47. The Hall–Kier alpha value is -1.51. The van der Waals surface area contributed by atoms with Crippen LogP contribution in [0.15, 0.2) is 48.5 Å². The van der Waals surface area contributed by atoms with Gasteiger partial charge in [-0.25, -0.2) is 0 Å². The minimum atomic E-state index is 0.698. The quantitative estimate of drug-likeness (QED) is 0.828. The number of anilines is 2. The van der Waals surface area contributed by atoms with Crippen LogP contribution in [0.4, 0.5) is 11.4 Å². The minimum absolute atomic E-state index is 0.698. The highest BCUT2D eigenvalue weighted by atomic mass is 35.5. The van der Waals surface area contributed by atoms with Crippen LogP contribution in [-0.4, -0.2) is 12.6 Å². The van der Waals surface area contributed by atoms with Crippen molar-refractivity contribution >= 4 is 23.0 Å². The Morgan fingerprint density at radius 2 is 1.86 bits per heavy atom. The molecule has 0 heterocycles. The number of nitrogens with one attached hydrogen (secondary N) is 1. The summed E-state index contributed by atoms with van der Waals surface area (Å²) >= 11 is 6.51. The molecule has 110 valence electrons. The number of hydrogen-bond donors (Lipinski definition) is 1. The first-order valence-corrected chi connectivity index (χ1v) is 8.00. The van der Waals surface area contributed by atoms with Gasteiger partial charge in [0, 0.05) is 24.8 Å². The molecule has 1 aliphatic rings. The van der Waals surface area contributed by atoms with Crippen molar-refractivity contribution in [1.82, 2.24) is 5.32 Å². The van der Waals surface area contributed by atoms with Crippen molar-refractivity contribution in [1.29, 1.82) is 0 Å². The molecule has 1 saturated carbocycles. The number of para-hydroxylation sites is 2. The molecule has 0 atom stereocenters. The Labute approximate surface area is 131 Å². The molecular formula is C18H21ClN2. The highest BCUT2D eigenvalue weighted by Crippen LogP contribution is 2.35. The summed E-state index contributed by atoms with van der Waals surface area (Å²) in [7, 11) is 0. The summed E-state index contributed by atoms with van der Waals surface area (Å²) in [6, 6.07) is 17.3. The molecule has 1 aliphatic carbocycles. The average molecular weight is 301 g/mol. The van der Waals surface area contributed by atoms with Crippen molar-refractivity contribution in [2.45, 2.75) is 32.4 Å². The van der Waals surface area contributed by atoms with Crippen LogP contribution in [0.3, 0.4) is 0 Å². The molecule has 1 fully saturated rings. The fourth-order valence-electron chi connectivity index (χ4n) is 2.62. The van der Waals surface area contributed by atoms with E-state index in [1.807, 2.05) is 18.2 Å². The lowest BCUT2D eigenvalue weighted by Crippen LogP contribution is -2.21. The van der Waals surface area contributed by atoms with Crippen molar-refractivity contribution in [2.75, 3.05) is 11.4 Å². The smallest absolute Gasteiger partial charge is 0.0646 e. The van der Waals surface area contributed by atoms with E-state index in [-0.39, 0.29) is 0 Å². The van der Waals surface area contributed by atoms with Crippen LogP contribution in [0, 0.1) is 0 Å². The first-order valence-electron chi connectivity index (χ1n) is 7.63. The number of rotatable bonds is 6. The summed E-state index contributed by atoms with van der Waals surface area (Å²) in [5.41, 5.74) is 3.57. The van der Waals surface area contributed by atoms with Crippen LogP contribution >= 0.6 is 11.6 Å². The summed E-state index contributed by atoms with van der Waals surface area (Å²) in [5, 5.41) is 4.40. The number of halogens is 1. The molecular weight excluding hydrogens is 280 g/mol. The maximum atomic E-state index is 6.51. The van der Waals surface area contributed by atoms with Crippen LogP contribution in [0.1, 0.15) is 25.3 Å². The maximum Gasteiger partial charge on any atom is 0.0646 e. The fraction of sp³-hybridized carbons (Fsp3) is 0.333. The third-order valence-electron chi connectivity index (χ3n) is 3.88. The van der Waals surface area contributed by atoms with E-state index in [0.29, 0.717) is 6.04 Å². The van der Waals surface area contributed by atoms with Crippen LogP contribution in [0.2, 0.25) is 5.02 Å². The standard InChI is InChI=1S/C18H21ClN2/c1-2-21(16-8-4-3-5-9-16)18-14(7-6-10-17(18)19)13-20-15-11-12-15/h3-10,15,20H,2,11-13H2,1H3. The van der Waals surface area contributed by atoms with Gasteiger partial charge < -0.3 is 10.2 Å². The van der Waals surface area contributed by atoms with Crippen LogP contribution in [0.5, 0.6) is 0 Å². The van der Waals surface area contributed by atoms with Crippen LogP contribution < -0.4 is 10.2 Å². The van der Waals surface area contributed by atoms with E-state index >= 15 is 0 Å². The molecule has 0 aromatic heterocycles. The topological polar surface area (TPSA) is 15.3 Å². The van der Waals surface area contributed by atoms with E-state index in [2.05, 4.69) is 47.5 Å². The minimum Gasteiger partial charge on any atom is -0.340 e. The molecule has 2 aromatic rings. The second-order valence-electron chi connectivity index (χ2n) is 5.48. The molecule has 2 nitrogen and oxygen atoms in total. The van der Waals surface area contributed by atoms with Crippen molar-refractivity contribution in [3.05, 3.63) is 59.1 Å². The van der Waals surface area contributed by atoms with Gasteiger partial charge in [-0.1, -0.05) is 41.9 Å². The van der Waals surface area contributed by atoms with E-state index in [0.717, 1.165) is 23.8 Å². The van der Waals surface area contributed by atoms with E-state index in [1.54, 1.807) is 0 Å². The molecule has 3 rings (SSSR count). The van der Waals surface area contributed by atoms with Crippen LogP contribution in [0.25, 0.3) is 0 Å². The van der Waals surface area contributed by atoms with Gasteiger partial charge in [0.15, 0.2) is 0 Å². The highest BCUT2D eigenvalue weighted by molar-refractivity contribution is 6.33. The van der Waals surface area contributed by atoms with Gasteiger partial charge in [-0.05, 0) is 43.5 Å². The first-order chi connectivity index (χ1) is 10.3. The predicted molar refractivity (Wildman–Crippen MR) is 90.4 cm³/mol. The molecule has 0 spiro atoms. The zero-order chi connectivity index (χ0) is 14.7. The largest absolute Gasteiger partial charge is 0.340 e. The Morgan fingerprint density at radius 3 is 2.52 bits per heavy atom. The average Bonchev–Trinajstić information content (AvgIpc) is 3.33. The Morgan fingerprint density at radius 1 is 1.10 bits per heavy atom. The second kappa shape index (κ2) is 6.50. The van der Waals surface area contributed by atoms with E-state index in [1.165, 1.54) is 24.1 Å². The van der Waals surface area contributed by atoms with Gasteiger partial charge in [0.1, 0.15) is 0 Å². The Bertz CT molecular complexity index is 593. The second-order valence-corrected chi connectivity index (χ2v) is 5.89. The lowest BCUT2D eigenvalue weighted by atomic mass is 10.1. The summed E-state index contributed by atoms with van der Waals surface area (Å²) in [4.78, 5) is 2.28. The molecule has 0 bridgehead atoms. The molecule has 0 saturated heterocycles. The third kappa shape index (κ3) is 3.39. The van der Waals surface area contributed by atoms with Crippen molar-refractivity contribution in [2.24, 2.45) is 0 Å². The number of hydrogen-bond acceptors (Lipinski definition) is 2. The lowest BCUT2D eigenvalue weighted by Gasteiger charge is -2.27.